The zero-order valence-corrected chi connectivity index (χ0v) is 10.0. The first kappa shape index (κ1) is 12.8. The zero-order chi connectivity index (χ0) is 11.8. The van der Waals surface area contributed by atoms with E-state index in [2.05, 4.69) is 6.92 Å². The molecule has 0 heterocycles. The number of aromatic hydroxyl groups is 1. The Morgan fingerprint density at radius 2 is 2.06 bits per heavy atom. The Labute approximate surface area is 97.0 Å². The molecule has 1 N–H and O–H groups in total. The van der Waals surface area contributed by atoms with Gasteiger partial charge in [0.05, 0.1) is 6.61 Å². The molecule has 0 aromatic heterocycles. The van der Waals surface area contributed by atoms with E-state index in [9.17, 15) is 5.11 Å². The van der Waals surface area contributed by atoms with Crippen LogP contribution in [-0.2, 0) is 11.2 Å². The fraction of sp³-hybridized carbons (Fsp3) is 0.538. The smallest absolute Gasteiger partial charge is 0.126 e. The molecule has 0 saturated carbocycles. The van der Waals surface area contributed by atoms with Crippen LogP contribution >= 0.6 is 0 Å². The molecule has 0 aliphatic carbocycles. The Balaban J connectivity index is 2.65. The molecule has 1 aromatic rings. The average molecular weight is 224 g/mol. The second-order valence-corrected chi connectivity index (χ2v) is 3.74. The Kier molecular flexibility index (Phi) is 5.72. The third kappa shape index (κ3) is 4.11. The fourth-order valence-corrected chi connectivity index (χ4v) is 1.49. The number of hydrogen-bond acceptors (Lipinski definition) is 3. The molecule has 0 aliphatic heterocycles. The first-order chi connectivity index (χ1) is 7.77. The van der Waals surface area contributed by atoms with Gasteiger partial charge in [0, 0.05) is 13.2 Å². The van der Waals surface area contributed by atoms with Gasteiger partial charge in [-0.05, 0) is 24.5 Å². The lowest BCUT2D eigenvalue weighted by Gasteiger charge is -2.11. The van der Waals surface area contributed by atoms with E-state index in [0.29, 0.717) is 13.2 Å². The number of rotatable bonds is 7. The fourth-order valence-electron chi connectivity index (χ4n) is 1.49. The molecule has 3 heteroatoms. The maximum Gasteiger partial charge on any atom is 0.126 e. The van der Waals surface area contributed by atoms with Gasteiger partial charge in [-0.25, -0.2) is 0 Å². The van der Waals surface area contributed by atoms with Crippen molar-refractivity contribution >= 4 is 0 Å². The van der Waals surface area contributed by atoms with Crippen molar-refractivity contribution < 1.29 is 14.6 Å². The van der Waals surface area contributed by atoms with Crippen LogP contribution in [0.3, 0.4) is 0 Å². The van der Waals surface area contributed by atoms with Gasteiger partial charge >= 0.3 is 0 Å². The second-order valence-electron chi connectivity index (χ2n) is 3.74. The number of ether oxygens (including phenoxy) is 2. The van der Waals surface area contributed by atoms with Gasteiger partial charge in [-0.3, -0.25) is 0 Å². The molecule has 0 amide bonds. The summed E-state index contributed by atoms with van der Waals surface area (Å²) < 4.78 is 10.5. The molecule has 3 nitrogen and oxygen atoms in total. The van der Waals surface area contributed by atoms with Crippen LogP contribution < -0.4 is 4.74 Å². The highest BCUT2D eigenvalue weighted by Gasteiger charge is 2.04. The molecule has 0 atom stereocenters. The van der Waals surface area contributed by atoms with Crippen LogP contribution in [0.1, 0.15) is 25.3 Å². The van der Waals surface area contributed by atoms with Crippen LogP contribution in [0.15, 0.2) is 18.2 Å². The SMILES string of the molecule is CCCCc1ccc(O)cc1OCCOC. The van der Waals surface area contributed by atoms with Crippen molar-refractivity contribution in [3.05, 3.63) is 23.8 Å². The summed E-state index contributed by atoms with van der Waals surface area (Å²) in [6.45, 7) is 3.23. The van der Waals surface area contributed by atoms with E-state index in [1.54, 1.807) is 19.2 Å². The van der Waals surface area contributed by atoms with Gasteiger partial charge < -0.3 is 14.6 Å². The summed E-state index contributed by atoms with van der Waals surface area (Å²) in [7, 11) is 1.64. The summed E-state index contributed by atoms with van der Waals surface area (Å²) in [6.07, 6.45) is 3.27. The maximum atomic E-state index is 9.41. The van der Waals surface area contributed by atoms with Crippen LogP contribution in [0.4, 0.5) is 0 Å². The Hall–Kier alpha value is -1.22. The summed E-state index contributed by atoms with van der Waals surface area (Å²) in [5.74, 6) is 1.01. The molecular formula is C13H20O3. The van der Waals surface area contributed by atoms with Crippen molar-refractivity contribution in [3.63, 3.8) is 0 Å². The van der Waals surface area contributed by atoms with Crippen LogP contribution in [0.5, 0.6) is 11.5 Å². The third-order valence-corrected chi connectivity index (χ3v) is 2.40. The molecule has 16 heavy (non-hydrogen) atoms. The van der Waals surface area contributed by atoms with Crippen LogP contribution in [0.2, 0.25) is 0 Å². The van der Waals surface area contributed by atoms with Gasteiger partial charge in [-0.15, -0.1) is 0 Å². The van der Waals surface area contributed by atoms with Crippen molar-refractivity contribution in [3.8, 4) is 11.5 Å². The van der Waals surface area contributed by atoms with Crippen molar-refractivity contribution in [2.45, 2.75) is 26.2 Å². The van der Waals surface area contributed by atoms with E-state index in [0.717, 1.165) is 30.6 Å². The minimum atomic E-state index is 0.243. The topological polar surface area (TPSA) is 38.7 Å². The first-order valence-electron chi connectivity index (χ1n) is 5.71. The molecule has 0 fully saturated rings. The van der Waals surface area contributed by atoms with Gasteiger partial charge in [0.15, 0.2) is 0 Å². The Morgan fingerprint density at radius 3 is 2.75 bits per heavy atom. The highest BCUT2D eigenvalue weighted by molar-refractivity contribution is 5.40. The number of unbranched alkanes of at least 4 members (excludes halogenated alkanes) is 1. The molecule has 0 aliphatic rings. The standard InChI is InChI=1S/C13H20O3/c1-3-4-5-11-6-7-12(14)10-13(11)16-9-8-15-2/h6-7,10,14H,3-5,8-9H2,1-2H3. The van der Waals surface area contributed by atoms with Crippen molar-refractivity contribution in [1.29, 1.82) is 0 Å². The van der Waals surface area contributed by atoms with E-state index in [4.69, 9.17) is 9.47 Å². The number of aryl methyl sites for hydroxylation is 1. The monoisotopic (exact) mass is 224 g/mol. The summed E-state index contributed by atoms with van der Waals surface area (Å²) in [6, 6.07) is 5.29. The number of hydrogen-bond donors (Lipinski definition) is 1. The predicted molar refractivity (Wildman–Crippen MR) is 64.1 cm³/mol. The molecule has 0 spiro atoms. The lowest BCUT2D eigenvalue weighted by Crippen LogP contribution is -2.05. The predicted octanol–water partition coefficient (Wildman–Crippen LogP) is 2.76. The molecule has 90 valence electrons. The van der Waals surface area contributed by atoms with Crippen LogP contribution in [0, 0.1) is 0 Å². The van der Waals surface area contributed by atoms with Gasteiger partial charge in [0.25, 0.3) is 0 Å². The molecule has 0 bridgehead atoms. The van der Waals surface area contributed by atoms with Crippen molar-refractivity contribution in [1.82, 2.24) is 0 Å². The molecule has 1 aromatic carbocycles. The van der Waals surface area contributed by atoms with E-state index in [1.165, 1.54) is 0 Å². The molecular weight excluding hydrogens is 204 g/mol. The van der Waals surface area contributed by atoms with Gasteiger partial charge in [0.2, 0.25) is 0 Å². The lowest BCUT2D eigenvalue weighted by atomic mass is 10.1. The van der Waals surface area contributed by atoms with Crippen LogP contribution in [0.25, 0.3) is 0 Å². The molecule has 0 saturated heterocycles. The quantitative estimate of drug-likeness (QED) is 0.724. The van der Waals surface area contributed by atoms with Crippen LogP contribution in [-0.4, -0.2) is 25.4 Å². The van der Waals surface area contributed by atoms with Gasteiger partial charge in [-0.2, -0.15) is 0 Å². The number of methoxy groups -OCH3 is 1. The van der Waals surface area contributed by atoms with Gasteiger partial charge in [-0.1, -0.05) is 19.4 Å². The Morgan fingerprint density at radius 1 is 1.25 bits per heavy atom. The summed E-state index contributed by atoms with van der Waals surface area (Å²) in [5, 5.41) is 9.41. The number of phenolic OH excluding ortho intramolecular Hbond substituents is 1. The molecule has 1 rings (SSSR count). The number of benzene rings is 1. The van der Waals surface area contributed by atoms with E-state index in [-0.39, 0.29) is 5.75 Å². The molecule has 0 unspecified atom stereocenters. The average Bonchev–Trinajstić information content (AvgIpc) is 2.28. The second kappa shape index (κ2) is 7.12. The normalized spacial score (nSPS) is 10.4. The number of phenols is 1. The summed E-state index contributed by atoms with van der Waals surface area (Å²) in [5.41, 5.74) is 1.15. The van der Waals surface area contributed by atoms with Crippen molar-refractivity contribution in [2.24, 2.45) is 0 Å². The minimum absolute atomic E-state index is 0.243. The molecule has 0 radical (unpaired) electrons. The van der Waals surface area contributed by atoms with E-state index < -0.39 is 0 Å². The highest BCUT2D eigenvalue weighted by Crippen LogP contribution is 2.25. The Bertz CT molecular complexity index is 310. The third-order valence-electron chi connectivity index (χ3n) is 2.40. The summed E-state index contributed by atoms with van der Waals surface area (Å²) >= 11 is 0. The van der Waals surface area contributed by atoms with E-state index in [1.807, 2.05) is 6.07 Å². The minimum Gasteiger partial charge on any atom is -0.508 e. The summed E-state index contributed by atoms with van der Waals surface area (Å²) in [4.78, 5) is 0. The maximum absolute atomic E-state index is 9.41. The lowest BCUT2D eigenvalue weighted by molar-refractivity contribution is 0.145. The zero-order valence-electron chi connectivity index (χ0n) is 10.0. The van der Waals surface area contributed by atoms with Crippen molar-refractivity contribution in [2.75, 3.05) is 20.3 Å². The van der Waals surface area contributed by atoms with E-state index >= 15 is 0 Å². The largest absolute Gasteiger partial charge is 0.508 e. The van der Waals surface area contributed by atoms with Gasteiger partial charge in [0.1, 0.15) is 18.1 Å². The highest BCUT2D eigenvalue weighted by atomic mass is 16.5. The first-order valence-corrected chi connectivity index (χ1v) is 5.71.